The summed E-state index contributed by atoms with van der Waals surface area (Å²) in [4.78, 5) is 37.1. The first-order chi connectivity index (χ1) is 31.6. The van der Waals surface area contributed by atoms with Gasteiger partial charge in [-0.3, -0.25) is 9.59 Å². The lowest BCUT2D eigenvalue weighted by Gasteiger charge is -2.26. The van der Waals surface area contributed by atoms with Crippen molar-refractivity contribution in [3.05, 3.63) is 134 Å². The van der Waals surface area contributed by atoms with Crippen molar-refractivity contribution in [2.45, 2.75) is 155 Å². The van der Waals surface area contributed by atoms with Gasteiger partial charge in [0.2, 0.25) is 0 Å². The zero-order valence-electron chi connectivity index (χ0n) is 41.0. The van der Waals surface area contributed by atoms with Crippen LogP contribution >= 0.6 is 0 Å². The molecule has 0 aliphatic rings. The molecule has 9 heteroatoms. The van der Waals surface area contributed by atoms with Crippen LogP contribution in [-0.4, -0.2) is 82.3 Å². The summed E-state index contributed by atoms with van der Waals surface area (Å²) in [5.41, 5.74) is 0. The summed E-state index contributed by atoms with van der Waals surface area (Å²) in [6.07, 6.45) is 62.1. The van der Waals surface area contributed by atoms with Crippen LogP contribution in [0.25, 0.3) is 0 Å². The molecule has 9 nitrogen and oxygen atoms in total. The maximum atomic E-state index is 12.8. The lowest BCUT2D eigenvalue weighted by molar-refractivity contribution is -0.870. The Hall–Kier alpha value is -4.57. The van der Waals surface area contributed by atoms with Crippen LogP contribution in [0.1, 0.15) is 142 Å². The van der Waals surface area contributed by atoms with Crippen molar-refractivity contribution in [3.8, 4) is 0 Å². The summed E-state index contributed by atoms with van der Waals surface area (Å²) in [6, 6.07) is 0. The standard InChI is InChI=1S/C56H87NO8/c1-6-8-10-12-14-16-18-20-22-24-25-26-27-28-29-31-33-35-37-39-41-43-45-47-54(59)65-52(51-64-56(55(60)61)62-49-48-57(3,4)5)50-63-53(58)46-44-42-40-38-36-34-32-30-23-21-19-17-15-13-11-9-7-2/h8-11,14-17,20-23,25-26,28-29,32-35,38,40,52,56H,6-7,12-13,18-19,24,27,30-31,36-37,39,41-51H2,1-5H3/b10-8-,11-9-,16-14-,17-15-,22-20-,23-21-,26-25-,29-28-,34-32-,35-33-,40-38-. The van der Waals surface area contributed by atoms with Crippen LogP contribution in [0.5, 0.6) is 0 Å². The first-order valence-corrected chi connectivity index (χ1v) is 24.3. The van der Waals surface area contributed by atoms with E-state index in [-0.39, 0.29) is 32.7 Å². The number of likely N-dealkylation sites (N-methyl/N-ethyl adjacent to an activating group) is 1. The number of hydrogen-bond acceptors (Lipinski definition) is 8. The zero-order chi connectivity index (χ0) is 47.7. The quantitative estimate of drug-likeness (QED) is 0.0196. The van der Waals surface area contributed by atoms with Gasteiger partial charge in [-0.05, 0) is 103 Å². The average Bonchev–Trinajstić information content (AvgIpc) is 3.27. The minimum atomic E-state index is -1.65. The molecule has 0 heterocycles. The van der Waals surface area contributed by atoms with Crippen LogP contribution in [0.15, 0.2) is 134 Å². The number of allylic oxidation sites excluding steroid dienone is 22. The van der Waals surface area contributed by atoms with Crippen molar-refractivity contribution in [2.75, 3.05) is 47.5 Å². The minimum absolute atomic E-state index is 0.125. The van der Waals surface area contributed by atoms with Gasteiger partial charge < -0.3 is 33.3 Å². The molecule has 2 unspecified atom stereocenters. The van der Waals surface area contributed by atoms with E-state index in [9.17, 15) is 19.5 Å². The zero-order valence-corrected chi connectivity index (χ0v) is 41.0. The maximum absolute atomic E-state index is 12.8. The molecule has 0 amide bonds. The molecule has 65 heavy (non-hydrogen) atoms. The lowest BCUT2D eigenvalue weighted by Crippen LogP contribution is -2.44. The molecule has 0 aromatic heterocycles. The third-order valence-electron chi connectivity index (χ3n) is 9.39. The summed E-state index contributed by atoms with van der Waals surface area (Å²) >= 11 is 0. The van der Waals surface area contributed by atoms with Crippen molar-refractivity contribution in [2.24, 2.45) is 0 Å². The highest BCUT2D eigenvalue weighted by molar-refractivity contribution is 5.70. The fourth-order valence-electron chi connectivity index (χ4n) is 5.69. The van der Waals surface area contributed by atoms with E-state index in [1.165, 1.54) is 0 Å². The number of unbranched alkanes of at least 4 members (excludes halogenated alkanes) is 5. The van der Waals surface area contributed by atoms with Gasteiger partial charge in [-0.1, -0.05) is 160 Å². The van der Waals surface area contributed by atoms with E-state index < -0.39 is 30.3 Å². The van der Waals surface area contributed by atoms with Gasteiger partial charge in [0.1, 0.15) is 13.2 Å². The van der Waals surface area contributed by atoms with Crippen molar-refractivity contribution >= 4 is 17.9 Å². The molecule has 0 rings (SSSR count). The average molecular weight is 902 g/mol. The second-order valence-corrected chi connectivity index (χ2v) is 16.6. The predicted molar refractivity (Wildman–Crippen MR) is 269 cm³/mol. The Balaban J connectivity index is 4.55. The monoisotopic (exact) mass is 902 g/mol. The number of carbonyl (C=O) groups excluding carboxylic acids is 3. The van der Waals surface area contributed by atoms with E-state index in [4.69, 9.17) is 18.9 Å². The van der Waals surface area contributed by atoms with Crippen LogP contribution in [-0.2, 0) is 33.3 Å². The Labute approximate surface area is 395 Å². The van der Waals surface area contributed by atoms with E-state index in [2.05, 4.69) is 141 Å². The summed E-state index contributed by atoms with van der Waals surface area (Å²) in [5.74, 6) is -2.42. The number of rotatable bonds is 42. The summed E-state index contributed by atoms with van der Waals surface area (Å²) in [5, 5.41) is 11.7. The molecule has 0 fully saturated rings. The lowest BCUT2D eigenvalue weighted by atomic mass is 10.1. The Morgan fingerprint density at radius 3 is 1.26 bits per heavy atom. The van der Waals surface area contributed by atoms with Crippen molar-refractivity contribution < 1.29 is 42.9 Å². The van der Waals surface area contributed by atoms with Gasteiger partial charge in [0.05, 0.1) is 40.3 Å². The second-order valence-electron chi connectivity index (χ2n) is 16.6. The van der Waals surface area contributed by atoms with Crippen LogP contribution in [0.4, 0.5) is 0 Å². The molecule has 0 saturated carbocycles. The third-order valence-corrected chi connectivity index (χ3v) is 9.39. The van der Waals surface area contributed by atoms with Gasteiger partial charge >= 0.3 is 11.9 Å². The molecular formula is C56H87NO8. The molecule has 0 aliphatic carbocycles. The number of esters is 2. The highest BCUT2D eigenvalue weighted by Crippen LogP contribution is 2.10. The van der Waals surface area contributed by atoms with E-state index in [1.54, 1.807) is 0 Å². The SMILES string of the molecule is CC/C=C\C/C=C\C/C=C\C/C=C\C/C=C\C/C=C\CCCCCCC(=O)OC(COC(=O)CCC/C=C\C/C=C\C/C=C\C/C=C\C/C=C\CC)COC(OCC[N+](C)(C)C)C(=O)[O-]. The number of carbonyl (C=O) groups is 3. The molecule has 0 aromatic rings. The van der Waals surface area contributed by atoms with Crippen molar-refractivity contribution in [1.82, 2.24) is 0 Å². The molecule has 0 saturated heterocycles. The Bertz CT molecular complexity index is 1520. The van der Waals surface area contributed by atoms with Crippen molar-refractivity contribution in [3.63, 3.8) is 0 Å². The number of aliphatic carboxylic acids is 1. The topological polar surface area (TPSA) is 111 Å². The Morgan fingerprint density at radius 2 is 0.846 bits per heavy atom. The molecule has 0 spiro atoms. The number of ether oxygens (including phenoxy) is 4. The van der Waals surface area contributed by atoms with Gasteiger partial charge in [-0.2, -0.15) is 0 Å². The molecule has 0 bridgehead atoms. The summed E-state index contributed by atoms with van der Waals surface area (Å²) in [7, 11) is 5.87. The van der Waals surface area contributed by atoms with Crippen LogP contribution in [0.3, 0.4) is 0 Å². The van der Waals surface area contributed by atoms with Crippen LogP contribution in [0, 0.1) is 0 Å². The fraction of sp³-hybridized carbons (Fsp3) is 0.554. The van der Waals surface area contributed by atoms with Gasteiger partial charge in [0.25, 0.3) is 0 Å². The largest absolute Gasteiger partial charge is 0.545 e. The molecular weight excluding hydrogens is 815 g/mol. The number of hydrogen-bond donors (Lipinski definition) is 0. The molecule has 0 aromatic carbocycles. The first-order valence-electron chi connectivity index (χ1n) is 24.3. The number of quaternary nitrogens is 1. The van der Waals surface area contributed by atoms with E-state index in [0.29, 0.717) is 23.9 Å². The Kier molecular flexibility index (Phi) is 42.7. The van der Waals surface area contributed by atoms with Gasteiger partial charge in [0, 0.05) is 12.8 Å². The number of nitrogens with zero attached hydrogens (tertiary/aromatic N) is 1. The Morgan fingerprint density at radius 1 is 0.462 bits per heavy atom. The first kappa shape index (κ1) is 60.4. The van der Waals surface area contributed by atoms with Crippen LogP contribution < -0.4 is 5.11 Å². The second kappa shape index (κ2) is 46.0. The molecule has 2 atom stereocenters. The van der Waals surface area contributed by atoms with Gasteiger partial charge in [-0.25, -0.2) is 0 Å². The predicted octanol–water partition coefficient (Wildman–Crippen LogP) is 12.2. The highest BCUT2D eigenvalue weighted by atomic mass is 16.7. The molecule has 364 valence electrons. The van der Waals surface area contributed by atoms with E-state index in [0.717, 1.165) is 103 Å². The van der Waals surface area contributed by atoms with Crippen molar-refractivity contribution in [1.29, 1.82) is 0 Å². The summed E-state index contributed by atoms with van der Waals surface area (Å²) in [6.45, 7) is 4.37. The molecule has 0 radical (unpaired) electrons. The van der Waals surface area contributed by atoms with Gasteiger partial charge in [-0.15, -0.1) is 0 Å². The van der Waals surface area contributed by atoms with E-state index in [1.807, 2.05) is 27.2 Å². The maximum Gasteiger partial charge on any atom is 0.306 e. The normalized spacial score (nSPS) is 14.0. The van der Waals surface area contributed by atoms with Crippen LogP contribution in [0.2, 0.25) is 0 Å². The van der Waals surface area contributed by atoms with Gasteiger partial charge in [0.15, 0.2) is 12.4 Å². The summed E-state index contributed by atoms with van der Waals surface area (Å²) < 4.78 is 22.5. The number of carboxylic acids is 1. The smallest absolute Gasteiger partial charge is 0.306 e. The fourth-order valence-corrected chi connectivity index (χ4v) is 5.69. The minimum Gasteiger partial charge on any atom is -0.545 e. The highest BCUT2D eigenvalue weighted by Gasteiger charge is 2.21. The van der Waals surface area contributed by atoms with E-state index >= 15 is 0 Å². The number of carboxylic acid groups (broad SMARTS) is 1. The third kappa shape index (κ3) is 47.2. The molecule has 0 N–H and O–H groups in total. The molecule has 0 aliphatic heterocycles.